The van der Waals surface area contributed by atoms with E-state index in [1.165, 1.54) is 33.5 Å². The summed E-state index contributed by atoms with van der Waals surface area (Å²) < 4.78 is 1.55. The summed E-state index contributed by atoms with van der Waals surface area (Å²) in [7, 11) is 1.71. The highest BCUT2D eigenvalue weighted by Crippen LogP contribution is 2.35. The molecule has 1 aliphatic carbocycles. The molecular formula is C22H18Cl2N4O2S3. The van der Waals surface area contributed by atoms with E-state index in [4.69, 9.17) is 28.2 Å². The lowest BCUT2D eigenvalue weighted by molar-refractivity contribution is -0.113. The van der Waals surface area contributed by atoms with Crippen LogP contribution in [0.3, 0.4) is 0 Å². The van der Waals surface area contributed by atoms with Gasteiger partial charge in [0.15, 0.2) is 10.3 Å². The minimum absolute atomic E-state index is 0.0338. The van der Waals surface area contributed by atoms with Crippen LogP contribution in [0.4, 0.5) is 5.13 Å². The molecule has 3 heterocycles. The van der Waals surface area contributed by atoms with Gasteiger partial charge in [0.1, 0.15) is 4.83 Å². The zero-order chi connectivity index (χ0) is 23.1. The van der Waals surface area contributed by atoms with Gasteiger partial charge in [-0.05, 0) is 43.4 Å². The van der Waals surface area contributed by atoms with Gasteiger partial charge >= 0.3 is 0 Å². The first-order chi connectivity index (χ1) is 15.9. The summed E-state index contributed by atoms with van der Waals surface area (Å²) in [6, 6.07) is 5.28. The van der Waals surface area contributed by atoms with Gasteiger partial charge < -0.3 is 5.32 Å². The number of hydrogen-bond donors (Lipinski definition) is 1. The van der Waals surface area contributed by atoms with E-state index in [1.54, 1.807) is 35.1 Å². The highest BCUT2D eigenvalue weighted by molar-refractivity contribution is 7.99. The van der Waals surface area contributed by atoms with Crippen molar-refractivity contribution >= 4 is 78.9 Å². The number of amides is 1. The van der Waals surface area contributed by atoms with Crippen LogP contribution >= 0.6 is 57.6 Å². The van der Waals surface area contributed by atoms with Crippen molar-refractivity contribution in [1.82, 2.24) is 14.5 Å². The number of nitrogens with zero attached hydrogens (tertiary/aromatic N) is 3. The van der Waals surface area contributed by atoms with Crippen LogP contribution in [0.25, 0.3) is 21.5 Å². The summed E-state index contributed by atoms with van der Waals surface area (Å²) in [5, 5.41) is 7.37. The van der Waals surface area contributed by atoms with Crippen molar-refractivity contribution < 1.29 is 4.79 Å². The normalized spacial score (nSPS) is 13.3. The fourth-order valence-corrected chi connectivity index (χ4v) is 6.91. The van der Waals surface area contributed by atoms with E-state index in [-0.39, 0.29) is 17.2 Å². The Labute approximate surface area is 212 Å². The number of benzene rings is 1. The summed E-state index contributed by atoms with van der Waals surface area (Å²) in [6.45, 7) is 0. The lowest BCUT2D eigenvalue weighted by atomic mass is 9.97. The van der Waals surface area contributed by atoms with Crippen molar-refractivity contribution in [3.05, 3.63) is 54.4 Å². The maximum absolute atomic E-state index is 13.0. The highest BCUT2D eigenvalue weighted by atomic mass is 35.5. The van der Waals surface area contributed by atoms with Gasteiger partial charge in [0.25, 0.3) is 5.56 Å². The van der Waals surface area contributed by atoms with E-state index in [0.717, 1.165) is 41.5 Å². The zero-order valence-electron chi connectivity index (χ0n) is 17.5. The van der Waals surface area contributed by atoms with Crippen LogP contribution in [-0.4, -0.2) is 26.2 Å². The molecule has 0 fully saturated rings. The molecule has 33 heavy (non-hydrogen) atoms. The van der Waals surface area contributed by atoms with Gasteiger partial charge in [-0.15, -0.1) is 22.7 Å². The van der Waals surface area contributed by atoms with Crippen LogP contribution in [0.15, 0.2) is 33.5 Å². The van der Waals surface area contributed by atoms with E-state index in [0.29, 0.717) is 26.0 Å². The van der Waals surface area contributed by atoms with Crippen molar-refractivity contribution in [2.75, 3.05) is 11.1 Å². The molecule has 0 unspecified atom stereocenters. The third kappa shape index (κ3) is 4.57. The maximum atomic E-state index is 13.0. The Bertz CT molecular complexity index is 1440. The SMILES string of the molecule is Cn1c(SCC(=O)Nc2nc(-c3ccc(Cl)c(Cl)c3)cs2)nc2sc3c(c2c1=O)CCCC3. The first-order valence-corrected chi connectivity index (χ1v) is 13.7. The number of carbonyl (C=O) groups is 1. The Kier molecular flexibility index (Phi) is 6.50. The molecule has 0 saturated carbocycles. The van der Waals surface area contributed by atoms with Crippen LogP contribution in [0, 0.1) is 0 Å². The second-order valence-corrected chi connectivity index (χ2v) is 11.4. The van der Waals surface area contributed by atoms with E-state index in [9.17, 15) is 9.59 Å². The molecule has 6 nitrogen and oxygen atoms in total. The second kappa shape index (κ2) is 9.38. The number of hydrogen-bond acceptors (Lipinski definition) is 7. The number of nitrogens with one attached hydrogen (secondary N) is 1. The van der Waals surface area contributed by atoms with Gasteiger partial charge in [0.2, 0.25) is 5.91 Å². The molecule has 170 valence electrons. The van der Waals surface area contributed by atoms with Crippen molar-refractivity contribution in [3.8, 4) is 11.3 Å². The molecule has 1 aromatic carbocycles. The summed E-state index contributed by atoms with van der Waals surface area (Å²) in [5.74, 6) is -0.0895. The Morgan fingerprint density at radius 2 is 2.03 bits per heavy atom. The molecule has 0 radical (unpaired) electrons. The first kappa shape index (κ1) is 22.9. The fourth-order valence-electron chi connectivity index (χ4n) is 3.80. The molecule has 11 heteroatoms. The summed E-state index contributed by atoms with van der Waals surface area (Å²) >= 11 is 16.2. The summed E-state index contributed by atoms with van der Waals surface area (Å²) in [4.78, 5) is 36.7. The van der Waals surface area contributed by atoms with Gasteiger partial charge in [-0.1, -0.05) is 41.0 Å². The number of carbonyl (C=O) groups excluding carboxylic acids is 1. The minimum Gasteiger partial charge on any atom is -0.301 e. The molecule has 1 aliphatic rings. The molecule has 5 rings (SSSR count). The third-order valence-corrected chi connectivity index (χ3v) is 9.17. The largest absolute Gasteiger partial charge is 0.301 e. The van der Waals surface area contributed by atoms with Gasteiger partial charge in [0.05, 0.1) is 26.9 Å². The highest BCUT2D eigenvalue weighted by Gasteiger charge is 2.21. The van der Waals surface area contributed by atoms with Crippen molar-refractivity contribution in [3.63, 3.8) is 0 Å². The number of aryl methyl sites for hydroxylation is 2. The maximum Gasteiger partial charge on any atom is 0.262 e. The van der Waals surface area contributed by atoms with Gasteiger partial charge in [-0.2, -0.15) is 0 Å². The molecule has 4 aromatic rings. The molecule has 0 spiro atoms. The molecule has 0 aliphatic heterocycles. The third-order valence-electron chi connectivity index (χ3n) is 5.45. The van der Waals surface area contributed by atoms with E-state index < -0.39 is 0 Å². The average Bonchev–Trinajstić information content (AvgIpc) is 3.41. The lowest BCUT2D eigenvalue weighted by Crippen LogP contribution is -2.21. The number of rotatable bonds is 5. The number of aromatic nitrogens is 3. The number of thiophene rings is 1. The molecular weight excluding hydrogens is 519 g/mol. The summed E-state index contributed by atoms with van der Waals surface area (Å²) in [6.07, 6.45) is 4.23. The van der Waals surface area contributed by atoms with Gasteiger partial charge in [-0.3, -0.25) is 14.2 Å². The molecule has 1 amide bonds. The fraction of sp³-hybridized carbons (Fsp3) is 0.273. The summed E-state index contributed by atoms with van der Waals surface area (Å²) in [5.41, 5.74) is 2.66. The number of thiazole rings is 1. The van der Waals surface area contributed by atoms with Crippen LogP contribution < -0.4 is 10.9 Å². The lowest BCUT2D eigenvalue weighted by Gasteiger charge is -2.10. The van der Waals surface area contributed by atoms with Gasteiger partial charge in [-0.25, -0.2) is 9.97 Å². The standard InChI is InChI=1S/C22H18Cl2N4O2S3/c1-28-20(30)18-12-4-2-3-5-16(12)33-19(18)27-22(28)32-10-17(29)26-21-25-15(9-31-21)11-6-7-13(23)14(24)8-11/h6-9H,2-5,10H2,1H3,(H,25,26,29). The van der Waals surface area contributed by atoms with Crippen LogP contribution in [0.2, 0.25) is 10.0 Å². The first-order valence-electron chi connectivity index (χ1n) is 10.3. The average molecular weight is 538 g/mol. The van der Waals surface area contributed by atoms with Crippen molar-refractivity contribution in [1.29, 1.82) is 0 Å². The monoisotopic (exact) mass is 536 g/mol. The van der Waals surface area contributed by atoms with E-state index in [2.05, 4.69) is 10.3 Å². The topological polar surface area (TPSA) is 76.9 Å². The van der Waals surface area contributed by atoms with Gasteiger partial charge in [0, 0.05) is 22.9 Å². The predicted octanol–water partition coefficient (Wildman–Crippen LogP) is 6.03. The Balaban J connectivity index is 1.29. The smallest absolute Gasteiger partial charge is 0.262 e. The van der Waals surface area contributed by atoms with Crippen molar-refractivity contribution in [2.45, 2.75) is 30.8 Å². The van der Waals surface area contributed by atoms with E-state index in [1.807, 2.05) is 11.4 Å². The zero-order valence-corrected chi connectivity index (χ0v) is 21.4. The Morgan fingerprint density at radius 1 is 1.21 bits per heavy atom. The number of anilines is 1. The molecule has 0 bridgehead atoms. The van der Waals surface area contributed by atoms with E-state index >= 15 is 0 Å². The predicted molar refractivity (Wildman–Crippen MR) is 138 cm³/mol. The second-order valence-electron chi connectivity index (χ2n) is 7.65. The molecule has 1 N–H and O–H groups in total. The van der Waals surface area contributed by atoms with Crippen LogP contribution in [-0.2, 0) is 24.7 Å². The quantitative estimate of drug-likeness (QED) is 0.248. The minimum atomic E-state index is -0.213. The van der Waals surface area contributed by atoms with Crippen LogP contribution in [0.1, 0.15) is 23.3 Å². The number of thioether (sulfide) groups is 1. The Morgan fingerprint density at radius 3 is 2.85 bits per heavy atom. The Hall–Kier alpha value is -1.91. The number of halogens is 2. The van der Waals surface area contributed by atoms with Crippen molar-refractivity contribution in [2.24, 2.45) is 7.05 Å². The molecule has 3 aromatic heterocycles. The molecule has 0 saturated heterocycles. The van der Waals surface area contributed by atoms with Crippen LogP contribution in [0.5, 0.6) is 0 Å². The number of fused-ring (bicyclic) bond motifs is 3. The molecule has 0 atom stereocenters.